The minimum atomic E-state index is -0.678. The topological polar surface area (TPSA) is 37.3 Å². The summed E-state index contributed by atoms with van der Waals surface area (Å²) < 4.78 is 0. The van der Waals surface area contributed by atoms with Crippen LogP contribution in [0.1, 0.15) is 24.0 Å². The van der Waals surface area contributed by atoms with Crippen molar-refractivity contribution < 1.29 is 9.90 Å². The third-order valence-corrected chi connectivity index (χ3v) is 4.19. The number of carbonyl (C=O) groups is 1. The molecule has 0 aliphatic heterocycles. The van der Waals surface area contributed by atoms with Gasteiger partial charge in [-0.1, -0.05) is 60.7 Å². The molecule has 0 radical (unpaired) electrons. The lowest BCUT2D eigenvalue weighted by Gasteiger charge is -2.47. The summed E-state index contributed by atoms with van der Waals surface area (Å²) in [5, 5.41) is 9.16. The standard InChI is InChI=1S/C17H16O2/c18-16(19)13-11-17(12-13,14-7-3-1-4-8-14)15-9-5-2-6-10-15/h1-10,13H,11-12H2,(H,18,19). The lowest BCUT2D eigenvalue weighted by Crippen LogP contribution is -2.45. The Labute approximate surface area is 112 Å². The normalized spacial score (nSPS) is 17.7. The molecule has 3 rings (SSSR count). The Morgan fingerprint density at radius 3 is 1.68 bits per heavy atom. The Morgan fingerprint density at radius 1 is 0.895 bits per heavy atom. The molecule has 0 unspecified atom stereocenters. The van der Waals surface area contributed by atoms with Gasteiger partial charge in [-0.3, -0.25) is 4.79 Å². The second-order valence-electron chi connectivity index (χ2n) is 5.26. The minimum Gasteiger partial charge on any atom is -0.481 e. The monoisotopic (exact) mass is 252 g/mol. The van der Waals surface area contributed by atoms with Crippen molar-refractivity contribution in [2.24, 2.45) is 5.92 Å². The third kappa shape index (κ3) is 1.93. The van der Waals surface area contributed by atoms with Gasteiger partial charge in [0.05, 0.1) is 5.92 Å². The lowest BCUT2D eigenvalue weighted by atomic mass is 9.55. The zero-order valence-electron chi connectivity index (χ0n) is 10.6. The molecule has 0 amide bonds. The van der Waals surface area contributed by atoms with E-state index in [0.717, 1.165) is 0 Å². The van der Waals surface area contributed by atoms with Gasteiger partial charge in [0.1, 0.15) is 0 Å². The van der Waals surface area contributed by atoms with E-state index in [2.05, 4.69) is 24.3 Å². The highest BCUT2D eigenvalue weighted by molar-refractivity contribution is 5.73. The van der Waals surface area contributed by atoms with Crippen LogP contribution in [0.25, 0.3) is 0 Å². The van der Waals surface area contributed by atoms with Crippen molar-refractivity contribution >= 4 is 5.97 Å². The first-order chi connectivity index (χ1) is 9.22. The first-order valence-corrected chi connectivity index (χ1v) is 6.56. The van der Waals surface area contributed by atoms with E-state index in [1.807, 2.05) is 36.4 Å². The average Bonchev–Trinajstić information content (AvgIpc) is 2.40. The smallest absolute Gasteiger partial charge is 0.306 e. The summed E-state index contributed by atoms with van der Waals surface area (Å²) in [5.41, 5.74) is 2.32. The van der Waals surface area contributed by atoms with Crippen LogP contribution in [0.15, 0.2) is 60.7 Å². The predicted molar refractivity (Wildman–Crippen MR) is 74.0 cm³/mol. The Balaban J connectivity index is 2.02. The van der Waals surface area contributed by atoms with Crippen molar-refractivity contribution in [3.63, 3.8) is 0 Å². The van der Waals surface area contributed by atoms with Crippen LogP contribution in [-0.4, -0.2) is 11.1 Å². The fraction of sp³-hybridized carbons (Fsp3) is 0.235. The molecule has 2 nitrogen and oxygen atoms in total. The first-order valence-electron chi connectivity index (χ1n) is 6.56. The van der Waals surface area contributed by atoms with Gasteiger partial charge in [0.15, 0.2) is 0 Å². The minimum absolute atomic E-state index is 0.119. The summed E-state index contributed by atoms with van der Waals surface area (Å²) in [4.78, 5) is 11.1. The Kier molecular flexibility index (Phi) is 2.86. The van der Waals surface area contributed by atoms with Gasteiger partial charge in [-0.15, -0.1) is 0 Å². The number of hydrogen-bond donors (Lipinski definition) is 1. The molecule has 0 heterocycles. The molecule has 2 aromatic rings. The van der Waals surface area contributed by atoms with Crippen LogP contribution in [-0.2, 0) is 10.2 Å². The molecular formula is C17H16O2. The van der Waals surface area contributed by atoms with Gasteiger partial charge >= 0.3 is 5.97 Å². The zero-order chi connectivity index (χ0) is 13.3. The van der Waals surface area contributed by atoms with Gasteiger partial charge in [0.25, 0.3) is 0 Å². The molecule has 0 aromatic heterocycles. The van der Waals surface area contributed by atoms with E-state index in [0.29, 0.717) is 12.8 Å². The number of aliphatic carboxylic acids is 1. The summed E-state index contributed by atoms with van der Waals surface area (Å²) in [6, 6.07) is 20.5. The van der Waals surface area contributed by atoms with Crippen molar-refractivity contribution in [2.45, 2.75) is 18.3 Å². The van der Waals surface area contributed by atoms with Crippen molar-refractivity contribution in [3.8, 4) is 0 Å². The molecule has 19 heavy (non-hydrogen) atoms. The fourth-order valence-electron chi connectivity index (χ4n) is 3.11. The summed E-state index contributed by atoms with van der Waals surface area (Å²) in [5.74, 6) is -0.900. The zero-order valence-corrected chi connectivity index (χ0v) is 10.6. The number of hydrogen-bond acceptors (Lipinski definition) is 1. The molecule has 0 atom stereocenters. The van der Waals surface area contributed by atoms with E-state index >= 15 is 0 Å². The average molecular weight is 252 g/mol. The molecule has 0 saturated heterocycles. The van der Waals surface area contributed by atoms with E-state index in [1.54, 1.807) is 0 Å². The van der Waals surface area contributed by atoms with E-state index < -0.39 is 5.97 Å². The Morgan fingerprint density at radius 2 is 1.32 bits per heavy atom. The lowest BCUT2D eigenvalue weighted by molar-refractivity contribution is -0.146. The maximum Gasteiger partial charge on any atom is 0.306 e. The molecule has 2 aromatic carbocycles. The molecule has 2 heteroatoms. The van der Waals surface area contributed by atoms with Gasteiger partial charge in [-0.2, -0.15) is 0 Å². The molecular weight excluding hydrogens is 236 g/mol. The number of carboxylic acid groups (broad SMARTS) is 1. The van der Waals surface area contributed by atoms with Crippen molar-refractivity contribution in [1.29, 1.82) is 0 Å². The van der Waals surface area contributed by atoms with E-state index in [1.165, 1.54) is 11.1 Å². The summed E-state index contributed by atoms with van der Waals surface area (Å²) >= 11 is 0. The van der Waals surface area contributed by atoms with Crippen molar-refractivity contribution in [1.82, 2.24) is 0 Å². The number of benzene rings is 2. The van der Waals surface area contributed by atoms with E-state index in [9.17, 15) is 4.79 Å². The molecule has 1 fully saturated rings. The summed E-state index contributed by atoms with van der Waals surface area (Å²) in [6.45, 7) is 0. The number of carboxylic acids is 1. The van der Waals surface area contributed by atoms with Crippen molar-refractivity contribution in [2.75, 3.05) is 0 Å². The number of rotatable bonds is 3. The molecule has 0 spiro atoms. The molecule has 96 valence electrons. The van der Waals surface area contributed by atoms with Crippen LogP contribution in [0.5, 0.6) is 0 Å². The van der Waals surface area contributed by atoms with Crippen LogP contribution < -0.4 is 0 Å². The largest absolute Gasteiger partial charge is 0.481 e. The van der Waals surface area contributed by atoms with Gasteiger partial charge < -0.3 is 5.11 Å². The SMILES string of the molecule is O=C(O)C1CC(c2ccccc2)(c2ccccc2)C1. The van der Waals surface area contributed by atoms with Gasteiger partial charge in [-0.25, -0.2) is 0 Å². The van der Waals surface area contributed by atoms with Gasteiger partial charge in [0, 0.05) is 5.41 Å². The second kappa shape index (κ2) is 4.54. The van der Waals surface area contributed by atoms with Crippen LogP contribution in [0.4, 0.5) is 0 Å². The second-order valence-corrected chi connectivity index (χ2v) is 5.26. The van der Waals surface area contributed by atoms with Crippen LogP contribution in [0.2, 0.25) is 0 Å². The molecule has 1 aliphatic carbocycles. The van der Waals surface area contributed by atoms with Crippen LogP contribution in [0.3, 0.4) is 0 Å². The van der Waals surface area contributed by atoms with E-state index in [-0.39, 0.29) is 11.3 Å². The Bertz CT molecular complexity index is 527. The summed E-state index contributed by atoms with van der Waals surface area (Å²) in [6.07, 6.45) is 1.38. The van der Waals surface area contributed by atoms with E-state index in [4.69, 9.17) is 5.11 Å². The maximum absolute atomic E-state index is 11.1. The molecule has 1 aliphatic rings. The molecule has 1 N–H and O–H groups in total. The quantitative estimate of drug-likeness (QED) is 0.908. The van der Waals surface area contributed by atoms with Crippen LogP contribution >= 0.6 is 0 Å². The van der Waals surface area contributed by atoms with Crippen molar-refractivity contribution in [3.05, 3.63) is 71.8 Å². The first kappa shape index (κ1) is 12.0. The Hall–Kier alpha value is -2.09. The highest BCUT2D eigenvalue weighted by Gasteiger charge is 2.49. The maximum atomic E-state index is 11.1. The predicted octanol–water partition coefficient (Wildman–Crippen LogP) is 3.47. The van der Waals surface area contributed by atoms with Gasteiger partial charge in [0.2, 0.25) is 0 Å². The van der Waals surface area contributed by atoms with Gasteiger partial charge in [-0.05, 0) is 24.0 Å². The highest BCUT2D eigenvalue weighted by atomic mass is 16.4. The fourth-order valence-corrected chi connectivity index (χ4v) is 3.11. The third-order valence-electron chi connectivity index (χ3n) is 4.19. The highest BCUT2D eigenvalue weighted by Crippen LogP contribution is 2.52. The molecule has 0 bridgehead atoms. The molecule has 1 saturated carbocycles. The van der Waals surface area contributed by atoms with Crippen LogP contribution in [0, 0.1) is 5.92 Å². The summed E-state index contributed by atoms with van der Waals surface area (Å²) in [7, 11) is 0.